The molecule has 0 spiro atoms. The lowest BCUT2D eigenvalue weighted by Gasteiger charge is -2.37. The molecule has 150 valence electrons. The zero-order chi connectivity index (χ0) is 20.2. The maximum Gasteiger partial charge on any atom is 0.167 e. The van der Waals surface area contributed by atoms with E-state index >= 15 is 0 Å². The molecule has 0 N–H and O–H groups in total. The first-order chi connectivity index (χ1) is 14.2. The predicted octanol–water partition coefficient (Wildman–Crippen LogP) is 3.58. The van der Waals surface area contributed by atoms with Gasteiger partial charge in [-0.1, -0.05) is 6.92 Å². The highest BCUT2D eigenvalue weighted by molar-refractivity contribution is 5.58. The average molecular weight is 393 g/mol. The van der Waals surface area contributed by atoms with E-state index in [-0.39, 0.29) is 11.6 Å². The van der Waals surface area contributed by atoms with Gasteiger partial charge >= 0.3 is 0 Å². The second-order valence-electron chi connectivity index (χ2n) is 6.92. The molecule has 0 amide bonds. The molecule has 0 bridgehead atoms. The Balaban J connectivity index is 1.52. The van der Waals surface area contributed by atoms with E-state index in [2.05, 4.69) is 32.8 Å². The summed E-state index contributed by atoms with van der Waals surface area (Å²) in [6, 6.07) is 11.0. The Morgan fingerprint density at radius 3 is 2.34 bits per heavy atom. The van der Waals surface area contributed by atoms with Gasteiger partial charge in [0.2, 0.25) is 0 Å². The number of rotatable bonds is 5. The number of benzene rings is 1. The summed E-state index contributed by atoms with van der Waals surface area (Å²) < 4.78 is 19.1. The molecule has 4 rings (SSSR count). The van der Waals surface area contributed by atoms with E-state index in [0.717, 1.165) is 61.2 Å². The van der Waals surface area contributed by atoms with Gasteiger partial charge in [-0.2, -0.15) is 0 Å². The third-order valence-electron chi connectivity index (χ3n) is 5.17. The van der Waals surface area contributed by atoms with Crippen LogP contribution >= 0.6 is 0 Å². The fraction of sp³-hybridized carbons (Fsp3) is 0.318. The molecule has 3 aromatic rings. The van der Waals surface area contributed by atoms with E-state index < -0.39 is 0 Å². The quantitative estimate of drug-likeness (QED) is 0.661. The first-order valence-electron chi connectivity index (χ1n) is 9.79. The van der Waals surface area contributed by atoms with Crippen molar-refractivity contribution in [1.29, 1.82) is 0 Å². The van der Waals surface area contributed by atoms with Crippen LogP contribution in [0.15, 0.2) is 48.8 Å². The summed E-state index contributed by atoms with van der Waals surface area (Å²) in [7, 11) is 1.48. The Labute approximate surface area is 170 Å². The number of methoxy groups -OCH3 is 1. The standard InChI is InChI=1S/C22H24FN5O/c1-3-17-14-21(26-22(25-17)16-6-8-24-9-7-16)28-12-10-27(11-13-28)18-4-5-20(29-2)19(23)15-18/h4-9,14-15H,3,10-13H2,1-2H3. The van der Waals surface area contributed by atoms with Crippen molar-refractivity contribution in [3.8, 4) is 17.1 Å². The van der Waals surface area contributed by atoms with Crippen molar-refractivity contribution < 1.29 is 9.13 Å². The lowest BCUT2D eigenvalue weighted by Crippen LogP contribution is -2.47. The minimum absolute atomic E-state index is 0.268. The molecule has 3 heterocycles. The molecule has 1 aliphatic heterocycles. The van der Waals surface area contributed by atoms with Crippen LogP contribution in [-0.2, 0) is 6.42 Å². The van der Waals surface area contributed by atoms with Crippen molar-refractivity contribution in [2.75, 3.05) is 43.1 Å². The molecule has 0 radical (unpaired) electrons. The lowest BCUT2D eigenvalue weighted by atomic mass is 10.2. The van der Waals surface area contributed by atoms with Crippen molar-refractivity contribution in [2.24, 2.45) is 0 Å². The highest BCUT2D eigenvalue weighted by atomic mass is 19.1. The Morgan fingerprint density at radius 1 is 0.966 bits per heavy atom. The smallest absolute Gasteiger partial charge is 0.167 e. The monoisotopic (exact) mass is 393 g/mol. The summed E-state index contributed by atoms with van der Waals surface area (Å²) in [6.45, 7) is 5.30. The molecule has 2 aromatic heterocycles. The molecule has 1 aliphatic rings. The molecule has 29 heavy (non-hydrogen) atoms. The first kappa shape index (κ1) is 19.1. The Hall–Kier alpha value is -3.22. The maximum atomic E-state index is 14.1. The Morgan fingerprint density at radius 2 is 1.69 bits per heavy atom. The van der Waals surface area contributed by atoms with Crippen LogP contribution in [0.2, 0.25) is 0 Å². The van der Waals surface area contributed by atoms with Crippen LogP contribution in [0, 0.1) is 5.82 Å². The molecule has 1 aromatic carbocycles. The normalized spacial score (nSPS) is 14.2. The molecule has 0 aliphatic carbocycles. The fourth-order valence-corrected chi connectivity index (χ4v) is 3.50. The Kier molecular flexibility index (Phi) is 5.55. The van der Waals surface area contributed by atoms with E-state index in [4.69, 9.17) is 9.72 Å². The number of aromatic nitrogens is 3. The molecular weight excluding hydrogens is 369 g/mol. The van der Waals surface area contributed by atoms with Gasteiger partial charge in [0.05, 0.1) is 7.11 Å². The van der Waals surface area contributed by atoms with Crippen molar-refractivity contribution in [3.63, 3.8) is 0 Å². The van der Waals surface area contributed by atoms with Crippen LogP contribution < -0.4 is 14.5 Å². The predicted molar refractivity (Wildman–Crippen MR) is 112 cm³/mol. The van der Waals surface area contributed by atoms with Gasteiger partial charge in [0, 0.05) is 67.7 Å². The van der Waals surface area contributed by atoms with Gasteiger partial charge in [-0.3, -0.25) is 4.98 Å². The highest BCUT2D eigenvalue weighted by Gasteiger charge is 2.20. The van der Waals surface area contributed by atoms with Gasteiger partial charge in [0.15, 0.2) is 17.4 Å². The van der Waals surface area contributed by atoms with Gasteiger partial charge in [0.1, 0.15) is 5.82 Å². The number of anilines is 2. The molecule has 1 saturated heterocycles. The Bertz CT molecular complexity index is 974. The first-order valence-corrected chi connectivity index (χ1v) is 9.79. The summed E-state index contributed by atoms with van der Waals surface area (Å²) in [5, 5.41) is 0. The topological polar surface area (TPSA) is 54.4 Å². The summed E-state index contributed by atoms with van der Waals surface area (Å²) >= 11 is 0. The van der Waals surface area contributed by atoms with Crippen LogP contribution in [0.1, 0.15) is 12.6 Å². The largest absolute Gasteiger partial charge is 0.494 e. The van der Waals surface area contributed by atoms with Gasteiger partial charge < -0.3 is 14.5 Å². The number of piperazine rings is 1. The molecule has 1 fully saturated rings. The van der Waals surface area contributed by atoms with Crippen molar-refractivity contribution in [3.05, 3.63) is 60.3 Å². The molecule has 0 atom stereocenters. The van der Waals surface area contributed by atoms with Crippen LogP contribution in [-0.4, -0.2) is 48.2 Å². The number of hydrogen-bond donors (Lipinski definition) is 0. The number of pyridine rings is 1. The van der Waals surface area contributed by atoms with Gasteiger partial charge in [0.25, 0.3) is 0 Å². The van der Waals surface area contributed by atoms with Crippen molar-refractivity contribution in [1.82, 2.24) is 15.0 Å². The summed E-state index contributed by atoms with van der Waals surface area (Å²) in [4.78, 5) is 18.0. The van der Waals surface area contributed by atoms with Gasteiger partial charge in [-0.05, 0) is 30.7 Å². The third-order valence-corrected chi connectivity index (χ3v) is 5.17. The van der Waals surface area contributed by atoms with Crippen LogP contribution in [0.5, 0.6) is 5.75 Å². The van der Waals surface area contributed by atoms with E-state index in [1.165, 1.54) is 13.2 Å². The average Bonchev–Trinajstić information content (AvgIpc) is 2.79. The number of nitrogens with zero attached hydrogens (tertiary/aromatic N) is 5. The SMILES string of the molecule is CCc1cc(N2CCN(c3ccc(OC)c(F)c3)CC2)nc(-c2ccncc2)n1. The zero-order valence-electron chi connectivity index (χ0n) is 16.7. The number of ether oxygens (including phenoxy) is 1. The van der Waals surface area contributed by atoms with Crippen LogP contribution in [0.4, 0.5) is 15.9 Å². The molecular formula is C22H24FN5O. The molecule has 6 nitrogen and oxygen atoms in total. The molecule has 7 heteroatoms. The summed E-state index contributed by atoms with van der Waals surface area (Å²) in [6.07, 6.45) is 4.35. The van der Waals surface area contributed by atoms with E-state index in [9.17, 15) is 4.39 Å². The summed E-state index contributed by atoms with van der Waals surface area (Å²) in [5.74, 6) is 1.59. The third kappa shape index (κ3) is 4.13. The minimum atomic E-state index is -0.335. The maximum absolute atomic E-state index is 14.1. The number of hydrogen-bond acceptors (Lipinski definition) is 6. The molecule has 0 unspecified atom stereocenters. The van der Waals surface area contributed by atoms with Crippen molar-refractivity contribution >= 4 is 11.5 Å². The number of halogens is 1. The van der Waals surface area contributed by atoms with Crippen molar-refractivity contribution in [2.45, 2.75) is 13.3 Å². The second kappa shape index (κ2) is 8.43. The van der Waals surface area contributed by atoms with Gasteiger partial charge in [-0.25, -0.2) is 14.4 Å². The fourth-order valence-electron chi connectivity index (χ4n) is 3.50. The van der Waals surface area contributed by atoms with E-state index in [0.29, 0.717) is 0 Å². The van der Waals surface area contributed by atoms with Crippen LogP contribution in [0.25, 0.3) is 11.4 Å². The summed E-state index contributed by atoms with van der Waals surface area (Å²) in [5.41, 5.74) is 2.85. The molecule has 0 saturated carbocycles. The second-order valence-corrected chi connectivity index (χ2v) is 6.92. The highest BCUT2D eigenvalue weighted by Crippen LogP contribution is 2.26. The minimum Gasteiger partial charge on any atom is -0.494 e. The van der Waals surface area contributed by atoms with Gasteiger partial charge in [-0.15, -0.1) is 0 Å². The lowest BCUT2D eigenvalue weighted by molar-refractivity contribution is 0.386. The van der Waals surface area contributed by atoms with Crippen LogP contribution in [0.3, 0.4) is 0 Å². The zero-order valence-corrected chi connectivity index (χ0v) is 16.7. The van der Waals surface area contributed by atoms with E-state index in [1.807, 2.05) is 18.2 Å². The number of aryl methyl sites for hydroxylation is 1. The van der Waals surface area contributed by atoms with E-state index in [1.54, 1.807) is 18.5 Å².